The van der Waals surface area contributed by atoms with E-state index < -0.39 is 43.0 Å². The molecular weight excluding hydrogens is 269 g/mol. The maximum atomic E-state index is 13.3. The van der Waals surface area contributed by atoms with Gasteiger partial charge in [0.1, 0.15) is 30.1 Å². The lowest BCUT2D eigenvalue weighted by atomic mass is 9.94. The van der Waals surface area contributed by atoms with Crippen LogP contribution < -0.4 is 0 Å². The van der Waals surface area contributed by atoms with Crippen LogP contribution in [0.15, 0.2) is 4.99 Å². The van der Waals surface area contributed by atoms with E-state index in [1.807, 2.05) is 0 Å². The second-order valence-corrected chi connectivity index (χ2v) is 4.92. The molecule has 1 saturated heterocycles. The molecule has 5 atom stereocenters. The molecule has 0 aromatic carbocycles. The van der Waals surface area contributed by atoms with Crippen LogP contribution in [0.3, 0.4) is 0 Å². The van der Waals surface area contributed by atoms with Gasteiger partial charge < -0.3 is 20.1 Å². The fourth-order valence-electron chi connectivity index (χ4n) is 2.64. The SMILES string of the molecule is Cc1nc(F)nc2c1N=CC2[C@@H]1O[C@H](CO)[C@@H](O)[C@@H]1O. The summed E-state index contributed by atoms with van der Waals surface area (Å²) in [5.74, 6) is -0.581. The number of hydrogen-bond acceptors (Lipinski definition) is 7. The molecule has 3 heterocycles. The molecule has 0 radical (unpaired) electrons. The molecule has 1 aromatic heterocycles. The zero-order valence-electron chi connectivity index (χ0n) is 10.6. The second kappa shape index (κ2) is 4.81. The molecule has 1 aromatic rings. The number of aromatic nitrogens is 2. The highest BCUT2D eigenvalue weighted by Gasteiger charge is 2.48. The van der Waals surface area contributed by atoms with Gasteiger partial charge in [0.25, 0.3) is 0 Å². The van der Waals surface area contributed by atoms with Gasteiger partial charge in [-0.05, 0) is 6.92 Å². The van der Waals surface area contributed by atoms with E-state index in [2.05, 4.69) is 15.0 Å². The Morgan fingerprint density at radius 2 is 2.05 bits per heavy atom. The predicted molar refractivity (Wildman–Crippen MR) is 65.4 cm³/mol. The Morgan fingerprint density at radius 3 is 2.70 bits per heavy atom. The molecule has 0 saturated carbocycles. The first-order valence-electron chi connectivity index (χ1n) is 6.23. The van der Waals surface area contributed by atoms with E-state index in [1.54, 1.807) is 6.92 Å². The molecule has 7 nitrogen and oxygen atoms in total. The van der Waals surface area contributed by atoms with E-state index in [0.29, 0.717) is 17.1 Å². The topological polar surface area (TPSA) is 108 Å². The van der Waals surface area contributed by atoms with Gasteiger partial charge in [-0.25, -0.2) is 9.97 Å². The molecule has 1 unspecified atom stereocenters. The van der Waals surface area contributed by atoms with Gasteiger partial charge in [0.05, 0.1) is 23.9 Å². The number of nitrogens with zero attached hydrogens (tertiary/aromatic N) is 3. The van der Waals surface area contributed by atoms with Crippen LogP contribution in [0.1, 0.15) is 17.3 Å². The molecule has 0 aliphatic carbocycles. The number of hydrogen-bond donors (Lipinski definition) is 3. The lowest BCUT2D eigenvalue weighted by molar-refractivity contribution is -0.0238. The number of aliphatic hydroxyl groups excluding tert-OH is 3. The van der Waals surface area contributed by atoms with E-state index in [1.165, 1.54) is 6.21 Å². The summed E-state index contributed by atoms with van der Waals surface area (Å²) in [7, 11) is 0. The Hall–Kier alpha value is -1.48. The van der Waals surface area contributed by atoms with Crippen LogP contribution in [-0.4, -0.2) is 62.5 Å². The van der Waals surface area contributed by atoms with E-state index in [-0.39, 0.29) is 0 Å². The summed E-state index contributed by atoms with van der Waals surface area (Å²) in [6, 6.07) is 0. The highest BCUT2D eigenvalue weighted by atomic mass is 19.1. The lowest BCUT2D eigenvalue weighted by Crippen LogP contribution is -2.36. The summed E-state index contributed by atoms with van der Waals surface area (Å²) < 4.78 is 18.8. The minimum Gasteiger partial charge on any atom is -0.394 e. The van der Waals surface area contributed by atoms with Gasteiger partial charge in [-0.3, -0.25) is 4.99 Å². The van der Waals surface area contributed by atoms with Gasteiger partial charge in [-0.1, -0.05) is 0 Å². The van der Waals surface area contributed by atoms with Crippen LogP contribution in [0.25, 0.3) is 0 Å². The summed E-state index contributed by atoms with van der Waals surface area (Å²) >= 11 is 0. The fraction of sp³-hybridized carbons (Fsp3) is 0.583. The van der Waals surface area contributed by atoms with Crippen molar-refractivity contribution < 1.29 is 24.4 Å². The Balaban J connectivity index is 1.94. The van der Waals surface area contributed by atoms with Gasteiger partial charge in [-0.15, -0.1) is 0 Å². The highest BCUT2D eigenvalue weighted by Crippen LogP contribution is 2.39. The van der Waals surface area contributed by atoms with Crippen LogP contribution in [-0.2, 0) is 4.74 Å². The third-order valence-corrected chi connectivity index (χ3v) is 3.67. The van der Waals surface area contributed by atoms with Gasteiger partial charge in [-0.2, -0.15) is 4.39 Å². The number of aliphatic imine (C=N–C) groups is 1. The number of rotatable bonds is 2. The average molecular weight is 283 g/mol. The summed E-state index contributed by atoms with van der Waals surface area (Å²) in [5, 5.41) is 28.8. The average Bonchev–Trinajstić information content (AvgIpc) is 2.93. The molecule has 108 valence electrons. The molecule has 0 bridgehead atoms. The highest BCUT2D eigenvalue weighted by molar-refractivity contribution is 5.81. The lowest BCUT2D eigenvalue weighted by Gasteiger charge is -2.20. The number of aliphatic hydroxyl groups is 3. The Morgan fingerprint density at radius 1 is 1.30 bits per heavy atom. The van der Waals surface area contributed by atoms with Crippen molar-refractivity contribution in [2.75, 3.05) is 6.61 Å². The number of fused-ring (bicyclic) bond motifs is 1. The summed E-state index contributed by atoms with van der Waals surface area (Å²) in [4.78, 5) is 11.4. The van der Waals surface area contributed by atoms with Gasteiger partial charge in [0.2, 0.25) is 0 Å². The van der Waals surface area contributed by atoms with Crippen molar-refractivity contribution in [1.82, 2.24) is 9.97 Å². The zero-order chi connectivity index (χ0) is 14.4. The summed E-state index contributed by atoms with van der Waals surface area (Å²) in [6.07, 6.45) is -3.49. The Labute approximate surface area is 113 Å². The van der Waals surface area contributed by atoms with E-state index in [9.17, 15) is 14.6 Å². The summed E-state index contributed by atoms with van der Waals surface area (Å²) in [5.41, 5.74) is 1.18. The van der Waals surface area contributed by atoms with Crippen molar-refractivity contribution in [2.24, 2.45) is 4.99 Å². The summed E-state index contributed by atoms with van der Waals surface area (Å²) in [6.45, 7) is 1.20. The molecule has 0 spiro atoms. The van der Waals surface area contributed by atoms with Crippen LogP contribution >= 0.6 is 0 Å². The van der Waals surface area contributed by atoms with Crippen molar-refractivity contribution in [3.05, 3.63) is 17.5 Å². The standard InChI is InChI=1S/C12H14FN3O4/c1-4-7-8(16-12(13)15-4)5(2-14-7)11-10(19)9(18)6(3-17)20-11/h2,5-6,9-11,17-19H,3H2,1H3/t5?,6-,9-,10+,11+/m1/s1. The fourth-order valence-corrected chi connectivity index (χ4v) is 2.64. The predicted octanol–water partition coefficient (Wildman–Crippen LogP) is -0.795. The molecule has 3 rings (SSSR count). The van der Waals surface area contributed by atoms with Crippen molar-refractivity contribution in [3.63, 3.8) is 0 Å². The van der Waals surface area contributed by atoms with Crippen LogP contribution in [0, 0.1) is 13.0 Å². The third kappa shape index (κ3) is 1.92. The molecule has 3 N–H and O–H groups in total. The van der Waals surface area contributed by atoms with Gasteiger partial charge in [0.15, 0.2) is 0 Å². The monoisotopic (exact) mass is 283 g/mol. The van der Waals surface area contributed by atoms with Crippen molar-refractivity contribution in [2.45, 2.75) is 37.3 Å². The van der Waals surface area contributed by atoms with Crippen molar-refractivity contribution >= 4 is 11.9 Å². The Bertz CT molecular complexity index is 568. The molecule has 1 fully saturated rings. The van der Waals surface area contributed by atoms with Crippen LogP contribution in [0.5, 0.6) is 0 Å². The first kappa shape index (κ1) is 13.5. The largest absolute Gasteiger partial charge is 0.394 e. The smallest absolute Gasteiger partial charge is 0.309 e. The van der Waals surface area contributed by atoms with E-state index in [4.69, 9.17) is 9.84 Å². The quantitative estimate of drug-likeness (QED) is 0.614. The number of ether oxygens (including phenoxy) is 1. The number of aryl methyl sites for hydroxylation is 1. The van der Waals surface area contributed by atoms with E-state index in [0.717, 1.165) is 0 Å². The molecule has 2 aliphatic rings. The Kier molecular flexibility index (Phi) is 3.25. The van der Waals surface area contributed by atoms with Crippen LogP contribution in [0.2, 0.25) is 0 Å². The minimum absolute atomic E-state index is 0.324. The zero-order valence-corrected chi connectivity index (χ0v) is 10.6. The number of halogens is 1. The maximum Gasteiger partial charge on any atom is 0.309 e. The first-order chi connectivity index (χ1) is 9.52. The molecule has 8 heteroatoms. The van der Waals surface area contributed by atoms with E-state index >= 15 is 0 Å². The van der Waals surface area contributed by atoms with Crippen LogP contribution in [0.4, 0.5) is 10.1 Å². The van der Waals surface area contributed by atoms with Crippen molar-refractivity contribution in [3.8, 4) is 0 Å². The normalized spacial score (nSPS) is 35.5. The van der Waals surface area contributed by atoms with Gasteiger partial charge in [0, 0.05) is 6.21 Å². The second-order valence-electron chi connectivity index (χ2n) is 4.92. The minimum atomic E-state index is -1.20. The van der Waals surface area contributed by atoms with Gasteiger partial charge >= 0.3 is 6.08 Å². The van der Waals surface area contributed by atoms with Crippen molar-refractivity contribution in [1.29, 1.82) is 0 Å². The third-order valence-electron chi connectivity index (χ3n) is 3.67. The molecular formula is C12H14FN3O4. The molecule has 20 heavy (non-hydrogen) atoms. The first-order valence-corrected chi connectivity index (χ1v) is 6.23. The molecule has 2 aliphatic heterocycles. The molecule has 0 amide bonds. The maximum absolute atomic E-state index is 13.3.